The lowest BCUT2D eigenvalue weighted by atomic mass is 10.0. The summed E-state index contributed by atoms with van der Waals surface area (Å²) in [6, 6.07) is 0.695. The zero-order valence-electron chi connectivity index (χ0n) is 17.0. The molecule has 3 aromatic rings. The Labute approximate surface area is 164 Å². The van der Waals surface area contributed by atoms with Crippen molar-refractivity contribution in [3.63, 3.8) is 0 Å². The third kappa shape index (κ3) is 2.40. The Kier molecular flexibility index (Phi) is 3.96. The van der Waals surface area contributed by atoms with Crippen LogP contribution in [0.1, 0.15) is 62.4 Å². The second-order valence-corrected chi connectivity index (χ2v) is 7.94. The summed E-state index contributed by atoms with van der Waals surface area (Å²) in [5.74, 6) is 3.84. The highest BCUT2D eigenvalue weighted by molar-refractivity contribution is 5.65. The van der Waals surface area contributed by atoms with Crippen LogP contribution in [0.25, 0.3) is 11.6 Å². The van der Waals surface area contributed by atoms with Gasteiger partial charge < -0.3 is 4.90 Å². The zero-order valence-corrected chi connectivity index (χ0v) is 17.0. The van der Waals surface area contributed by atoms with E-state index in [1.807, 2.05) is 19.4 Å². The molecule has 1 aliphatic carbocycles. The molecule has 8 heteroatoms. The van der Waals surface area contributed by atoms with Crippen LogP contribution in [0.3, 0.4) is 0 Å². The molecule has 5 rings (SSSR count). The van der Waals surface area contributed by atoms with Gasteiger partial charge in [-0.3, -0.25) is 4.57 Å². The number of nitrogens with zero attached hydrogens (tertiary/aromatic N) is 8. The van der Waals surface area contributed by atoms with E-state index in [2.05, 4.69) is 49.6 Å². The molecule has 0 saturated heterocycles. The molecule has 0 N–H and O–H groups in total. The van der Waals surface area contributed by atoms with E-state index in [0.29, 0.717) is 6.04 Å². The molecule has 2 aliphatic rings. The van der Waals surface area contributed by atoms with Crippen molar-refractivity contribution < 1.29 is 4.57 Å². The minimum absolute atomic E-state index is 0.196. The van der Waals surface area contributed by atoms with E-state index >= 15 is 0 Å². The summed E-state index contributed by atoms with van der Waals surface area (Å²) in [5.41, 5.74) is 1.98. The molecule has 0 amide bonds. The molecule has 1 saturated carbocycles. The number of rotatable bonds is 3. The van der Waals surface area contributed by atoms with Crippen molar-refractivity contribution in [3.8, 4) is 11.6 Å². The van der Waals surface area contributed by atoms with E-state index in [-0.39, 0.29) is 6.04 Å². The summed E-state index contributed by atoms with van der Waals surface area (Å²) in [7, 11) is 2.04. The van der Waals surface area contributed by atoms with Gasteiger partial charge in [0.05, 0.1) is 18.8 Å². The molecule has 28 heavy (non-hydrogen) atoms. The second-order valence-electron chi connectivity index (χ2n) is 7.94. The van der Waals surface area contributed by atoms with E-state index in [4.69, 9.17) is 9.97 Å². The lowest BCUT2D eigenvalue weighted by molar-refractivity contribution is -0.677. The Bertz CT molecular complexity index is 1030. The highest BCUT2D eigenvalue weighted by atomic mass is 15.4. The van der Waals surface area contributed by atoms with Crippen LogP contribution in [0.15, 0.2) is 18.7 Å². The molecule has 1 aliphatic heterocycles. The molecule has 1 atom stereocenters. The van der Waals surface area contributed by atoms with E-state index < -0.39 is 0 Å². The third-order valence-electron chi connectivity index (χ3n) is 6.34. The van der Waals surface area contributed by atoms with Crippen LogP contribution in [-0.4, -0.2) is 35.3 Å². The van der Waals surface area contributed by atoms with Crippen molar-refractivity contribution in [1.29, 1.82) is 0 Å². The topological polar surface area (TPSA) is 68.5 Å². The summed E-state index contributed by atoms with van der Waals surface area (Å²) in [4.78, 5) is 12.5. The van der Waals surface area contributed by atoms with Crippen LogP contribution in [0, 0.1) is 13.8 Å². The Morgan fingerprint density at radius 2 is 1.93 bits per heavy atom. The predicted octanol–water partition coefficient (Wildman–Crippen LogP) is 2.50. The van der Waals surface area contributed by atoms with Crippen molar-refractivity contribution in [3.05, 3.63) is 36.1 Å². The van der Waals surface area contributed by atoms with Gasteiger partial charge in [-0.2, -0.15) is 14.5 Å². The first-order chi connectivity index (χ1) is 13.6. The van der Waals surface area contributed by atoms with Gasteiger partial charge in [-0.1, -0.05) is 19.8 Å². The molecule has 0 radical (unpaired) electrons. The first kappa shape index (κ1) is 17.3. The smallest absolute Gasteiger partial charge is 0.328 e. The van der Waals surface area contributed by atoms with Crippen molar-refractivity contribution >= 4 is 5.82 Å². The third-order valence-corrected chi connectivity index (χ3v) is 6.34. The van der Waals surface area contributed by atoms with Crippen molar-refractivity contribution in [1.82, 2.24) is 29.3 Å². The van der Waals surface area contributed by atoms with Crippen LogP contribution >= 0.6 is 0 Å². The Morgan fingerprint density at radius 1 is 1.14 bits per heavy atom. The summed E-state index contributed by atoms with van der Waals surface area (Å²) in [6.45, 7) is 6.37. The maximum absolute atomic E-state index is 5.11. The molecule has 0 bridgehead atoms. The lowest BCUT2D eigenvalue weighted by Gasteiger charge is -2.41. The van der Waals surface area contributed by atoms with Crippen LogP contribution in [0.2, 0.25) is 0 Å². The van der Waals surface area contributed by atoms with Gasteiger partial charge in [0.1, 0.15) is 24.4 Å². The molecule has 3 aromatic heterocycles. The fraction of sp³-hybridized carbons (Fsp3) is 0.550. The molecule has 8 nitrogen and oxygen atoms in total. The van der Waals surface area contributed by atoms with Crippen molar-refractivity contribution in [2.75, 3.05) is 4.90 Å². The van der Waals surface area contributed by atoms with Crippen LogP contribution in [-0.2, 0) is 7.05 Å². The fourth-order valence-electron chi connectivity index (χ4n) is 4.78. The first-order valence-corrected chi connectivity index (χ1v) is 10.2. The Hall–Kier alpha value is -2.77. The highest BCUT2D eigenvalue weighted by Crippen LogP contribution is 2.43. The maximum atomic E-state index is 5.11. The van der Waals surface area contributed by atoms with Gasteiger partial charge in [-0.15, -0.1) is 10.2 Å². The van der Waals surface area contributed by atoms with E-state index in [0.717, 1.165) is 41.2 Å². The van der Waals surface area contributed by atoms with Crippen LogP contribution < -0.4 is 9.47 Å². The van der Waals surface area contributed by atoms with E-state index in [1.165, 1.54) is 25.7 Å². The second kappa shape index (κ2) is 6.39. The number of fused-ring (bicyclic) bond motifs is 3. The summed E-state index contributed by atoms with van der Waals surface area (Å²) in [6.07, 6.45) is 11.8. The van der Waals surface area contributed by atoms with Gasteiger partial charge in [-0.05, 0) is 26.2 Å². The number of anilines is 1. The predicted molar refractivity (Wildman–Crippen MR) is 105 cm³/mol. The Balaban J connectivity index is 1.75. The van der Waals surface area contributed by atoms with Gasteiger partial charge in [0.15, 0.2) is 11.6 Å². The molecule has 0 spiro atoms. The monoisotopic (exact) mass is 379 g/mol. The van der Waals surface area contributed by atoms with Gasteiger partial charge in [0.2, 0.25) is 0 Å². The molecule has 1 fully saturated rings. The minimum Gasteiger partial charge on any atom is -0.341 e. The number of imidazole rings is 1. The number of hydrogen-bond acceptors (Lipinski definition) is 5. The number of hydrogen-bond donors (Lipinski definition) is 0. The zero-order chi connectivity index (χ0) is 19.4. The van der Waals surface area contributed by atoms with Gasteiger partial charge in [0, 0.05) is 13.0 Å². The molecule has 0 aromatic carbocycles. The normalized spacial score (nSPS) is 19.1. The number of aryl methyl sites for hydroxylation is 2. The largest absolute Gasteiger partial charge is 0.341 e. The first-order valence-electron chi connectivity index (χ1n) is 10.2. The molecule has 146 valence electrons. The minimum atomic E-state index is 0.196. The molecular weight excluding hydrogens is 352 g/mol. The van der Waals surface area contributed by atoms with Crippen molar-refractivity contribution in [2.24, 2.45) is 7.05 Å². The molecule has 4 heterocycles. The quantitative estimate of drug-likeness (QED) is 0.654. The van der Waals surface area contributed by atoms with Gasteiger partial charge in [-0.25, -0.2) is 4.57 Å². The standard InChI is InChI=1S/C20H27N8/c1-5-16-18-24-21-12-27(18)17-13(2)22-20(26-11-10-25(4)14(26)3)23-19(17)28(16)15-8-6-7-9-15/h10-12,15-16H,5-9H2,1-4H3/q+1/t16-/m1/s1. The van der Waals surface area contributed by atoms with E-state index in [9.17, 15) is 0 Å². The molecular formula is C20H27N8+. The fourth-order valence-corrected chi connectivity index (χ4v) is 4.78. The summed E-state index contributed by atoms with van der Waals surface area (Å²) in [5, 5.41) is 8.70. The average molecular weight is 379 g/mol. The average Bonchev–Trinajstić information content (AvgIpc) is 3.43. The molecule has 0 unspecified atom stereocenters. The van der Waals surface area contributed by atoms with Crippen LogP contribution in [0.4, 0.5) is 5.82 Å². The maximum Gasteiger partial charge on any atom is 0.328 e. The van der Waals surface area contributed by atoms with Crippen LogP contribution in [0.5, 0.6) is 0 Å². The van der Waals surface area contributed by atoms with E-state index in [1.54, 1.807) is 6.33 Å². The lowest BCUT2D eigenvalue weighted by Crippen LogP contribution is -2.42. The summed E-state index contributed by atoms with van der Waals surface area (Å²) >= 11 is 0. The summed E-state index contributed by atoms with van der Waals surface area (Å²) < 4.78 is 6.24. The SMILES string of the molecule is CC[C@@H]1c2nncn2-c2c(C)nc(-n3cc[n+](C)c3C)nc2N1C1CCCC1. The van der Waals surface area contributed by atoms with Gasteiger partial charge in [0.25, 0.3) is 5.82 Å². The van der Waals surface area contributed by atoms with Gasteiger partial charge >= 0.3 is 5.95 Å². The highest BCUT2D eigenvalue weighted by Gasteiger charge is 2.39. The van der Waals surface area contributed by atoms with Crippen molar-refractivity contribution in [2.45, 2.75) is 65.0 Å². The Morgan fingerprint density at radius 3 is 2.61 bits per heavy atom. The number of aromatic nitrogens is 7.